The summed E-state index contributed by atoms with van der Waals surface area (Å²) in [5.74, 6) is 3.73. The zero-order valence-corrected chi connectivity index (χ0v) is 11.1. The van der Waals surface area contributed by atoms with Crippen LogP contribution in [-0.4, -0.2) is 16.5 Å². The second-order valence-corrected chi connectivity index (χ2v) is 5.31. The third-order valence-corrected chi connectivity index (χ3v) is 4.05. The predicted octanol–water partition coefficient (Wildman–Crippen LogP) is 3.12. The van der Waals surface area contributed by atoms with Crippen molar-refractivity contribution in [1.82, 2.24) is 15.3 Å². The molecule has 0 radical (unpaired) electrons. The lowest BCUT2D eigenvalue weighted by Gasteiger charge is -2.04. The first-order valence-electron chi connectivity index (χ1n) is 6.97. The fourth-order valence-corrected chi connectivity index (χ4v) is 3.00. The van der Waals surface area contributed by atoms with E-state index in [1.165, 1.54) is 11.8 Å². The molecule has 1 atom stereocenters. The van der Waals surface area contributed by atoms with E-state index in [4.69, 9.17) is 11.4 Å². The van der Waals surface area contributed by atoms with Crippen molar-refractivity contribution in [3.05, 3.63) is 41.7 Å². The molecule has 4 rings (SSSR count). The maximum atomic E-state index is 5.46. The lowest BCUT2D eigenvalue weighted by atomic mass is 10.1. The molecule has 98 valence electrons. The molecular weight excluding hydrogens is 246 g/mol. The van der Waals surface area contributed by atoms with Crippen molar-refractivity contribution in [3.8, 4) is 12.3 Å². The van der Waals surface area contributed by atoms with Gasteiger partial charge in [0.25, 0.3) is 0 Å². The van der Waals surface area contributed by atoms with Gasteiger partial charge in [0.05, 0.1) is 17.1 Å². The highest BCUT2D eigenvalue weighted by Crippen LogP contribution is 2.28. The lowest BCUT2D eigenvalue weighted by molar-refractivity contribution is 0.614. The van der Waals surface area contributed by atoms with Crippen molar-refractivity contribution in [2.45, 2.75) is 18.9 Å². The molecule has 20 heavy (non-hydrogen) atoms. The molecule has 1 fully saturated rings. The molecule has 3 nitrogen and oxygen atoms in total. The van der Waals surface area contributed by atoms with Gasteiger partial charge >= 0.3 is 0 Å². The van der Waals surface area contributed by atoms with Crippen LogP contribution in [0, 0.1) is 12.3 Å². The van der Waals surface area contributed by atoms with E-state index in [0.717, 1.165) is 40.8 Å². The molecule has 3 heteroatoms. The Labute approximate surface area is 117 Å². The standard InChI is InChI=1S/C17H15N3/c1-2-11-5-7-13-12(10-11)6-8-14-16(13)20-17(19-14)15-4-3-9-18-15/h1,5-8,10,15,18H,3-4,9H2,(H,19,20)/t15-/m0/s1. The maximum Gasteiger partial charge on any atom is 0.124 e. The van der Waals surface area contributed by atoms with Crippen LogP contribution in [0.4, 0.5) is 0 Å². The van der Waals surface area contributed by atoms with Crippen molar-refractivity contribution in [2.24, 2.45) is 0 Å². The van der Waals surface area contributed by atoms with Gasteiger partial charge in [0.2, 0.25) is 0 Å². The van der Waals surface area contributed by atoms with Crippen molar-refractivity contribution in [2.75, 3.05) is 6.54 Å². The fraction of sp³-hybridized carbons (Fsp3) is 0.235. The summed E-state index contributed by atoms with van der Waals surface area (Å²) in [6, 6.07) is 10.6. The number of hydrogen-bond acceptors (Lipinski definition) is 2. The van der Waals surface area contributed by atoms with Crippen LogP contribution in [0.5, 0.6) is 0 Å². The zero-order valence-electron chi connectivity index (χ0n) is 11.1. The van der Waals surface area contributed by atoms with Crippen LogP contribution in [0.2, 0.25) is 0 Å². The Bertz CT molecular complexity index is 832. The number of nitrogens with zero attached hydrogens (tertiary/aromatic N) is 1. The Morgan fingerprint density at radius 3 is 3.00 bits per heavy atom. The van der Waals surface area contributed by atoms with Gasteiger partial charge in [-0.3, -0.25) is 0 Å². The van der Waals surface area contributed by atoms with Crippen molar-refractivity contribution < 1.29 is 0 Å². The van der Waals surface area contributed by atoms with Crippen molar-refractivity contribution >= 4 is 21.8 Å². The van der Waals surface area contributed by atoms with E-state index in [1.54, 1.807) is 0 Å². The molecule has 0 spiro atoms. The molecule has 1 aromatic heterocycles. The average Bonchev–Trinajstić information content (AvgIpc) is 3.15. The largest absolute Gasteiger partial charge is 0.340 e. The molecular formula is C17H15N3. The van der Waals surface area contributed by atoms with Gasteiger partial charge in [0, 0.05) is 10.9 Å². The summed E-state index contributed by atoms with van der Waals surface area (Å²) < 4.78 is 0. The van der Waals surface area contributed by atoms with E-state index in [-0.39, 0.29) is 0 Å². The summed E-state index contributed by atoms with van der Waals surface area (Å²) in [5, 5.41) is 5.81. The number of nitrogens with one attached hydrogen (secondary N) is 2. The molecule has 1 saturated heterocycles. The van der Waals surface area contributed by atoms with Gasteiger partial charge in [-0.1, -0.05) is 18.1 Å². The average molecular weight is 261 g/mol. The van der Waals surface area contributed by atoms with Gasteiger partial charge in [0.15, 0.2) is 0 Å². The summed E-state index contributed by atoms with van der Waals surface area (Å²) in [5.41, 5.74) is 3.04. The van der Waals surface area contributed by atoms with Crippen LogP contribution in [0.25, 0.3) is 21.8 Å². The minimum atomic E-state index is 0.363. The lowest BCUT2D eigenvalue weighted by Crippen LogP contribution is -2.13. The summed E-state index contributed by atoms with van der Waals surface area (Å²) >= 11 is 0. The molecule has 2 aromatic carbocycles. The minimum Gasteiger partial charge on any atom is -0.340 e. The second-order valence-electron chi connectivity index (χ2n) is 5.31. The number of H-pyrrole nitrogens is 1. The molecule has 1 aliphatic rings. The summed E-state index contributed by atoms with van der Waals surface area (Å²) in [6.45, 7) is 1.08. The number of hydrogen-bond donors (Lipinski definition) is 2. The van der Waals surface area contributed by atoms with E-state index in [0.29, 0.717) is 6.04 Å². The van der Waals surface area contributed by atoms with Crippen LogP contribution >= 0.6 is 0 Å². The van der Waals surface area contributed by atoms with Crippen LogP contribution in [-0.2, 0) is 0 Å². The molecule has 0 amide bonds. The smallest absolute Gasteiger partial charge is 0.124 e. The number of imidazole rings is 1. The molecule has 0 aliphatic carbocycles. The van der Waals surface area contributed by atoms with Gasteiger partial charge in [-0.15, -0.1) is 6.42 Å². The molecule has 0 bridgehead atoms. The minimum absolute atomic E-state index is 0.363. The van der Waals surface area contributed by atoms with E-state index in [1.807, 2.05) is 12.1 Å². The van der Waals surface area contributed by atoms with Gasteiger partial charge in [-0.05, 0) is 43.0 Å². The molecule has 3 aromatic rings. The number of terminal acetylenes is 1. The Hall–Kier alpha value is -2.31. The summed E-state index contributed by atoms with van der Waals surface area (Å²) in [4.78, 5) is 8.22. The van der Waals surface area contributed by atoms with Crippen molar-refractivity contribution in [1.29, 1.82) is 0 Å². The SMILES string of the molecule is C#Cc1ccc2c(ccc3nc([C@@H]4CCCN4)[nH]c32)c1. The third kappa shape index (κ3) is 1.70. The first-order chi connectivity index (χ1) is 9.85. The quantitative estimate of drug-likeness (QED) is 0.661. The molecule has 2 N–H and O–H groups in total. The molecule has 2 heterocycles. The van der Waals surface area contributed by atoms with Crippen LogP contribution in [0.15, 0.2) is 30.3 Å². The van der Waals surface area contributed by atoms with E-state index < -0.39 is 0 Å². The number of aromatic amines is 1. The first-order valence-corrected chi connectivity index (χ1v) is 6.97. The Morgan fingerprint density at radius 2 is 2.20 bits per heavy atom. The van der Waals surface area contributed by atoms with Gasteiger partial charge in [-0.2, -0.15) is 0 Å². The highest BCUT2D eigenvalue weighted by atomic mass is 15.0. The van der Waals surface area contributed by atoms with Gasteiger partial charge in [0.1, 0.15) is 5.82 Å². The zero-order chi connectivity index (χ0) is 13.5. The third-order valence-electron chi connectivity index (χ3n) is 4.05. The van der Waals surface area contributed by atoms with Crippen LogP contribution in [0.1, 0.15) is 30.3 Å². The second kappa shape index (κ2) is 4.36. The Morgan fingerprint density at radius 1 is 1.25 bits per heavy atom. The molecule has 0 unspecified atom stereocenters. The van der Waals surface area contributed by atoms with Crippen LogP contribution < -0.4 is 5.32 Å². The monoisotopic (exact) mass is 261 g/mol. The maximum absolute atomic E-state index is 5.46. The number of rotatable bonds is 1. The van der Waals surface area contributed by atoms with E-state index in [2.05, 4.69) is 34.4 Å². The van der Waals surface area contributed by atoms with Crippen molar-refractivity contribution in [3.63, 3.8) is 0 Å². The normalized spacial score (nSPS) is 18.6. The van der Waals surface area contributed by atoms with E-state index in [9.17, 15) is 0 Å². The number of fused-ring (bicyclic) bond motifs is 3. The first kappa shape index (κ1) is 11.5. The van der Waals surface area contributed by atoms with E-state index >= 15 is 0 Å². The summed E-state index contributed by atoms with van der Waals surface area (Å²) in [6.07, 6.45) is 7.83. The Balaban J connectivity index is 1.93. The fourth-order valence-electron chi connectivity index (χ4n) is 3.00. The highest BCUT2D eigenvalue weighted by Gasteiger charge is 2.19. The number of benzene rings is 2. The Kier molecular flexibility index (Phi) is 2.51. The predicted molar refractivity (Wildman–Crippen MR) is 81.5 cm³/mol. The van der Waals surface area contributed by atoms with Gasteiger partial charge < -0.3 is 10.3 Å². The highest BCUT2D eigenvalue weighted by molar-refractivity contribution is 6.04. The summed E-state index contributed by atoms with van der Waals surface area (Å²) in [7, 11) is 0. The van der Waals surface area contributed by atoms with Crippen LogP contribution in [0.3, 0.4) is 0 Å². The molecule has 1 aliphatic heterocycles. The molecule has 0 saturated carbocycles. The topological polar surface area (TPSA) is 40.7 Å². The number of aromatic nitrogens is 2. The van der Waals surface area contributed by atoms with Gasteiger partial charge in [-0.25, -0.2) is 4.98 Å².